The second-order valence-electron chi connectivity index (χ2n) is 9.74. The predicted octanol–water partition coefficient (Wildman–Crippen LogP) is 4.52. The molecule has 1 aliphatic heterocycles. The normalized spacial score (nSPS) is 20.2. The van der Waals surface area contributed by atoms with E-state index in [1.54, 1.807) is 12.0 Å². The smallest absolute Gasteiger partial charge is 0.271 e. The number of ether oxygens (including phenoxy) is 2. The van der Waals surface area contributed by atoms with E-state index in [0.29, 0.717) is 25.4 Å². The Labute approximate surface area is 206 Å². The van der Waals surface area contributed by atoms with Gasteiger partial charge in [-0.05, 0) is 62.6 Å². The number of methoxy groups -OCH3 is 1. The highest BCUT2D eigenvalue weighted by Crippen LogP contribution is 2.35. The van der Waals surface area contributed by atoms with Crippen molar-refractivity contribution in [1.82, 2.24) is 14.8 Å². The zero-order valence-electron chi connectivity index (χ0n) is 20.7. The highest BCUT2D eigenvalue weighted by atomic mass is 16.5. The number of nitrogens with zero attached hydrogens (tertiary/aromatic N) is 2. The molecule has 2 amide bonds. The average molecular weight is 476 g/mol. The van der Waals surface area contributed by atoms with Crippen molar-refractivity contribution in [1.29, 1.82) is 0 Å². The lowest BCUT2D eigenvalue weighted by Crippen LogP contribution is -2.64. The summed E-state index contributed by atoms with van der Waals surface area (Å²) in [5, 5.41) is 4.21. The molecule has 1 saturated carbocycles. The van der Waals surface area contributed by atoms with Gasteiger partial charge in [-0.1, -0.05) is 25.0 Å². The van der Waals surface area contributed by atoms with Crippen LogP contribution in [-0.4, -0.2) is 46.6 Å². The molecule has 2 heterocycles. The van der Waals surface area contributed by atoms with Crippen LogP contribution in [0.2, 0.25) is 0 Å². The zero-order valence-corrected chi connectivity index (χ0v) is 20.7. The largest absolute Gasteiger partial charge is 0.497 e. The van der Waals surface area contributed by atoms with Gasteiger partial charge < -0.3 is 24.3 Å². The Morgan fingerprint density at radius 2 is 1.80 bits per heavy atom. The Morgan fingerprint density at radius 3 is 2.49 bits per heavy atom. The van der Waals surface area contributed by atoms with Gasteiger partial charge in [0.05, 0.1) is 25.8 Å². The van der Waals surface area contributed by atoms with Crippen molar-refractivity contribution in [2.75, 3.05) is 13.7 Å². The zero-order chi connectivity index (χ0) is 24.6. The molecule has 0 spiro atoms. The maximum atomic E-state index is 13.9. The standard InChI is InChI=1S/C28H33N3O4/c1-4-35-22-12-9-19(10-13-22)17-31-26(32)25-15-20-11-14-23(34-3)16-24(20)30(25)18-28(31,2)27(33)29-21-7-5-6-8-21/h9-16,21H,4-8,17-18H2,1-3H3,(H,29,33). The molecule has 1 N–H and O–H groups in total. The monoisotopic (exact) mass is 475 g/mol. The molecular formula is C28H33N3O4. The van der Waals surface area contributed by atoms with Crippen molar-refractivity contribution in [3.8, 4) is 11.5 Å². The number of hydrogen-bond donors (Lipinski definition) is 1. The van der Waals surface area contributed by atoms with Gasteiger partial charge in [0, 0.05) is 24.0 Å². The van der Waals surface area contributed by atoms with Crippen LogP contribution < -0.4 is 14.8 Å². The average Bonchev–Trinajstić information content (AvgIpc) is 3.50. The van der Waals surface area contributed by atoms with Gasteiger partial charge in [-0.3, -0.25) is 9.59 Å². The van der Waals surface area contributed by atoms with Gasteiger partial charge in [-0.15, -0.1) is 0 Å². The molecular weight excluding hydrogens is 442 g/mol. The van der Waals surface area contributed by atoms with E-state index in [0.717, 1.165) is 53.6 Å². The maximum absolute atomic E-state index is 13.9. The lowest BCUT2D eigenvalue weighted by Gasteiger charge is -2.44. The highest BCUT2D eigenvalue weighted by Gasteiger charge is 2.48. The van der Waals surface area contributed by atoms with E-state index in [2.05, 4.69) is 5.32 Å². The molecule has 3 aromatic rings. The number of aromatic nitrogens is 1. The summed E-state index contributed by atoms with van der Waals surface area (Å²) in [6, 6.07) is 15.6. The third-order valence-electron chi connectivity index (χ3n) is 7.39. The molecule has 0 saturated heterocycles. The first kappa shape index (κ1) is 23.3. The maximum Gasteiger partial charge on any atom is 0.271 e. The van der Waals surface area contributed by atoms with Crippen molar-refractivity contribution < 1.29 is 19.1 Å². The summed E-state index contributed by atoms with van der Waals surface area (Å²) in [7, 11) is 1.63. The first-order valence-electron chi connectivity index (χ1n) is 12.4. The van der Waals surface area contributed by atoms with Crippen molar-refractivity contribution >= 4 is 22.7 Å². The number of amides is 2. The van der Waals surface area contributed by atoms with E-state index >= 15 is 0 Å². The Bertz CT molecular complexity index is 1240. The molecule has 0 bridgehead atoms. The Morgan fingerprint density at radius 1 is 1.09 bits per heavy atom. The molecule has 2 aliphatic rings. The molecule has 1 atom stereocenters. The van der Waals surface area contributed by atoms with E-state index in [1.807, 2.05) is 66.9 Å². The lowest BCUT2D eigenvalue weighted by molar-refractivity contribution is -0.133. The summed E-state index contributed by atoms with van der Waals surface area (Å²) >= 11 is 0. The first-order valence-corrected chi connectivity index (χ1v) is 12.4. The lowest BCUT2D eigenvalue weighted by atomic mass is 9.93. The summed E-state index contributed by atoms with van der Waals surface area (Å²) in [6.45, 7) is 5.14. The van der Waals surface area contributed by atoms with Crippen LogP contribution in [0.3, 0.4) is 0 Å². The van der Waals surface area contributed by atoms with Gasteiger partial charge in [-0.2, -0.15) is 0 Å². The van der Waals surface area contributed by atoms with Crippen LogP contribution >= 0.6 is 0 Å². The fraction of sp³-hybridized carbons (Fsp3) is 0.429. The number of nitrogens with one attached hydrogen (secondary N) is 1. The third kappa shape index (κ3) is 4.24. The van der Waals surface area contributed by atoms with E-state index in [1.165, 1.54) is 0 Å². The molecule has 1 unspecified atom stereocenters. The molecule has 1 aromatic heterocycles. The summed E-state index contributed by atoms with van der Waals surface area (Å²) in [5.74, 6) is 1.26. The SMILES string of the molecule is CCOc1ccc(CN2C(=O)c3cc4ccc(OC)cc4n3CC2(C)C(=O)NC2CCCC2)cc1. The summed E-state index contributed by atoms with van der Waals surface area (Å²) in [4.78, 5) is 29.5. The van der Waals surface area contributed by atoms with Gasteiger partial charge in [0.25, 0.3) is 5.91 Å². The van der Waals surface area contributed by atoms with E-state index < -0.39 is 5.54 Å². The molecule has 0 radical (unpaired) electrons. The fourth-order valence-electron chi connectivity index (χ4n) is 5.36. The predicted molar refractivity (Wildman–Crippen MR) is 135 cm³/mol. The number of hydrogen-bond acceptors (Lipinski definition) is 4. The highest BCUT2D eigenvalue weighted by molar-refractivity contribution is 6.03. The minimum atomic E-state index is -1.04. The van der Waals surface area contributed by atoms with Crippen LogP contribution in [-0.2, 0) is 17.9 Å². The van der Waals surface area contributed by atoms with Crippen LogP contribution in [0.15, 0.2) is 48.5 Å². The summed E-state index contributed by atoms with van der Waals surface area (Å²) in [5.41, 5.74) is 1.40. The Balaban J connectivity index is 1.54. The molecule has 1 aliphatic carbocycles. The number of rotatable bonds is 7. The van der Waals surface area contributed by atoms with Crippen LogP contribution in [0.5, 0.6) is 11.5 Å². The molecule has 5 rings (SSSR count). The van der Waals surface area contributed by atoms with E-state index in [4.69, 9.17) is 9.47 Å². The van der Waals surface area contributed by atoms with Crippen molar-refractivity contribution in [2.45, 2.75) is 64.2 Å². The van der Waals surface area contributed by atoms with Crippen molar-refractivity contribution in [2.24, 2.45) is 0 Å². The Hall–Kier alpha value is -3.48. The molecule has 35 heavy (non-hydrogen) atoms. The number of carbonyl (C=O) groups is 2. The fourth-order valence-corrected chi connectivity index (χ4v) is 5.36. The van der Waals surface area contributed by atoms with Crippen LogP contribution in [0.4, 0.5) is 0 Å². The number of benzene rings is 2. The van der Waals surface area contributed by atoms with Gasteiger partial charge in [-0.25, -0.2) is 0 Å². The van der Waals surface area contributed by atoms with E-state index in [9.17, 15) is 9.59 Å². The van der Waals surface area contributed by atoms with Gasteiger partial charge >= 0.3 is 0 Å². The second kappa shape index (κ2) is 9.29. The molecule has 2 aromatic carbocycles. The van der Waals surface area contributed by atoms with Crippen LogP contribution in [0, 0.1) is 0 Å². The minimum absolute atomic E-state index is 0.0981. The van der Waals surface area contributed by atoms with E-state index in [-0.39, 0.29) is 17.9 Å². The van der Waals surface area contributed by atoms with Crippen LogP contribution in [0.1, 0.15) is 55.6 Å². The van der Waals surface area contributed by atoms with Gasteiger partial charge in [0.1, 0.15) is 22.7 Å². The topological polar surface area (TPSA) is 72.8 Å². The van der Waals surface area contributed by atoms with Crippen molar-refractivity contribution in [3.05, 3.63) is 59.8 Å². The number of fused-ring (bicyclic) bond motifs is 3. The Kier molecular flexibility index (Phi) is 6.17. The molecule has 1 fully saturated rings. The first-order chi connectivity index (χ1) is 16.9. The third-order valence-corrected chi connectivity index (χ3v) is 7.39. The summed E-state index contributed by atoms with van der Waals surface area (Å²) < 4.78 is 13.0. The minimum Gasteiger partial charge on any atom is -0.497 e. The summed E-state index contributed by atoms with van der Waals surface area (Å²) in [6.07, 6.45) is 4.23. The molecule has 7 nitrogen and oxygen atoms in total. The molecule has 7 heteroatoms. The van der Waals surface area contributed by atoms with Gasteiger partial charge in [0.2, 0.25) is 5.91 Å². The molecule has 184 valence electrons. The van der Waals surface area contributed by atoms with Crippen molar-refractivity contribution in [3.63, 3.8) is 0 Å². The number of carbonyl (C=O) groups excluding carboxylic acids is 2. The van der Waals surface area contributed by atoms with Crippen LogP contribution in [0.25, 0.3) is 10.9 Å². The quantitative estimate of drug-likeness (QED) is 0.545. The van der Waals surface area contributed by atoms with Gasteiger partial charge in [0.15, 0.2) is 0 Å². The second-order valence-corrected chi connectivity index (χ2v) is 9.74.